The number of alkyl carbamates (subject to hydrolysis) is 1. The lowest BCUT2D eigenvalue weighted by atomic mass is 9.80. The van der Waals surface area contributed by atoms with E-state index in [1.54, 1.807) is 13.0 Å². The number of hydrogen-bond acceptors (Lipinski definition) is 2. The average Bonchev–Trinajstić information content (AvgIpc) is 2.26. The molecule has 0 radical (unpaired) electrons. The summed E-state index contributed by atoms with van der Waals surface area (Å²) in [5, 5.41) is 2.74. The molecule has 0 unspecified atom stereocenters. The van der Waals surface area contributed by atoms with Crippen molar-refractivity contribution in [1.29, 1.82) is 0 Å². The molecule has 92 valence electrons. The number of rotatable bonds is 1. The average molecular weight is 237 g/mol. The van der Waals surface area contributed by atoms with Crippen LogP contribution in [0.5, 0.6) is 0 Å². The Balaban J connectivity index is 2.36. The van der Waals surface area contributed by atoms with E-state index in [1.165, 1.54) is 6.07 Å². The molecule has 0 saturated carbocycles. The number of hydrogen-bond donors (Lipinski definition) is 1. The van der Waals surface area contributed by atoms with E-state index in [4.69, 9.17) is 4.74 Å². The Labute approximate surface area is 100.0 Å². The minimum Gasteiger partial charge on any atom is -0.449 e. The molecule has 1 saturated heterocycles. The number of aryl methyl sites for hydroxylation is 1. The standard InChI is InChI=1S/C13H16FNO2/c1-8-4-5-9(6-10(8)14)11-13(2,3)7-17-12(16)15-11/h4-6,11H,7H2,1-3H3,(H,15,16)/t11-/m1/s1. The van der Waals surface area contributed by atoms with Gasteiger partial charge in [0.1, 0.15) is 12.4 Å². The molecule has 2 rings (SSSR count). The molecule has 1 amide bonds. The first kappa shape index (κ1) is 11.9. The number of benzene rings is 1. The van der Waals surface area contributed by atoms with Gasteiger partial charge in [0, 0.05) is 5.41 Å². The van der Waals surface area contributed by atoms with Crippen LogP contribution in [0.4, 0.5) is 9.18 Å². The molecular formula is C13H16FNO2. The molecule has 1 heterocycles. The zero-order valence-corrected chi connectivity index (χ0v) is 10.2. The lowest BCUT2D eigenvalue weighted by Gasteiger charge is -2.38. The van der Waals surface area contributed by atoms with Gasteiger partial charge in [-0.15, -0.1) is 0 Å². The number of halogens is 1. The monoisotopic (exact) mass is 237 g/mol. The summed E-state index contributed by atoms with van der Waals surface area (Å²) in [6.45, 7) is 6.01. The minimum atomic E-state index is -0.449. The first-order chi connectivity index (χ1) is 7.90. The van der Waals surface area contributed by atoms with Crippen molar-refractivity contribution in [2.45, 2.75) is 26.8 Å². The molecule has 4 heteroatoms. The molecule has 17 heavy (non-hydrogen) atoms. The van der Waals surface area contributed by atoms with Crippen molar-refractivity contribution >= 4 is 6.09 Å². The molecule has 0 bridgehead atoms. The Morgan fingerprint density at radius 2 is 2.18 bits per heavy atom. The molecule has 1 fully saturated rings. The molecular weight excluding hydrogens is 221 g/mol. The van der Waals surface area contributed by atoms with Crippen molar-refractivity contribution in [3.8, 4) is 0 Å². The number of cyclic esters (lactones) is 1. The molecule has 0 spiro atoms. The van der Waals surface area contributed by atoms with Crippen LogP contribution in [0.2, 0.25) is 0 Å². The van der Waals surface area contributed by atoms with Crippen LogP contribution in [0.15, 0.2) is 18.2 Å². The maximum absolute atomic E-state index is 13.5. The lowest BCUT2D eigenvalue weighted by Crippen LogP contribution is -2.46. The Kier molecular flexibility index (Phi) is 2.81. The predicted molar refractivity (Wildman–Crippen MR) is 62.1 cm³/mol. The SMILES string of the molecule is Cc1ccc([C@H]2NC(=O)OCC2(C)C)cc1F. The second-order valence-corrected chi connectivity index (χ2v) is 5.15. The first-order valence-electron chi connectivity index (χ1n) is 5.59. The Bertz CT molecular complexity index is 457. The summed E-state index contributed by atoms with van der Waals surface area (Å²) in [7, 11) is 0. The molecule has 3 nitrogen and oxygen atoms in total. The highest BCUT2D eigenvalue weighted by molar-refractivity contribution is 5.69. The summed E-state index contributed by atoms with van der Waals surface area (Å²) in [5.74, 6) is -0.251. The van der Waals surface area contributed by atoms with E-state index in [0.717, 1.165) is 5.56 Å². The quantitative estimate of drug-likeness (QED) is 0.815. The molecule has 1 aliphatic rings. The zero-order valence-electron chi connectivity index (χ0n) is 10.2. The first-order valence-corrected chi connectivity index (χ1v) is 5.59. The van der Waals surface area contributed by atoms with Crippen LogP contribution in [0, 0.1) is 18.2 Å². The smallest absolute Gasteiger partial charge is 0.407 e. The molecule has 0 aromatic heterocycles. The van der Waals surface area contributed by atoms with E-state index in [0.29, 0.717) is 12.2 Å². The fourth-order valence-corrected chi connectivity index (χ4v) is 2.01. The van der Waals surface area contributed by atoms with Gasteiger partial charge in [-0.05, 0) is 24.1 Å². The fraction of sp³-hybridized carbons (Fsp3) is 0.462. The largest absolute Gasteiger partial charge is 0.449 e. The predicted octanol–water partition coefficient (Wildman–Crippen LogP) is 2.94. The number of carbonyl (C=O) groups is 1. The minimum absolute atomic E-state index is 0.223. The number of carbonyl (C=O) groups excluding carboxylic acids is 1. The maximum atomic E-state index is 13.5. The van der Waals surface area contributed by atoms with Gasteiger partial charge in [-0.25, -0.2) is 9.18 Å². The van der Waals surface area contributed by atoms with Crippen molar-refractivity contribution in [3.63, 3.8) is 0 Å². The summed E-state index contributed by atoms with van der Waals surface area (Å²) < 4.78 is 18.5. The van der Waals surface area contributed by atoms with Crippen LogP contribution in [-0.4, -0.2) is 12.7 Å². The van der Waals surface area contributed by atoms with E-state index in [2.05, 4.69) is 5.32 Å². The van der Waals surface area contributed by atoms with Gasteiger partial charge in [0.2, 0.25) is 0 Å². The van der Waals surface area contributed by atoms with Crippen LogP contribution in [-0.2, 0) is 4.74 Å². The summed E-state index contributed by atoms with van der Waals surface area (Å²) in [6.07, 6.45) is -0.449. The van der Waals surface area contributed by atoms with Gasteiger partial charge in [-0.1, -0.05) is 26.0 Å². The third-order valence-electron chi connectivity index (χ3n) is 3.15. The van der Waals surface area contributed by atoms with Crippen molar-refractivity contribution in [2.75, 3.05) is 6.61 Å². The maximum Gasteiger partial charge on any atom is 0.407 e. The second-order valence-electron chi connectivity index (χ2n) is 5.15. The highest BCUT2D eigenvalue weighted by atomic mass is 19.1. The van der Waals surface area contributed by atoms with Crippen LogP contribution in [0.3, 0.4) is 0 Å². The van der Waals surface area contributed by atoms with Crippen molar-refractivity contribution in [1.82, 2.24) is 5.32 Å². The van der Waals surface area contributed by atoms with Gasteiger partial charge in [-0.2, -0.15) is 0 Å². The Hall–Kier alpha value is -1.58. The molecule has 1 aromatic carbocycles. The molecule has 1 atom stereocenters. The molecule has 0 aliphatic carbocycles. The highest BCUT2D eigenvalue weighted by Crippen LogP contribution is 2.36. The lowest BCUT2D eigenvalue weighted by molar-refractivity contribution is 0.0386. The van der Waals surface area contributed by atoms with E-state index >= 15 is 0 Å². The fourth-order valence-electron chi connectivity index (χ4n) is 2.01. The van der Waals surface area contributed by atoms with E-state index in [1.807, 2.05) is 19.9 Å². The number of ether oxygens (including phenoxy) is 1. The summed E-state index contributed by atoms with van der Waals surface area (Å²) in [6, 6.07) is 4.82. The summed E-state index contributed by atoms with van der Waals surface area (Å²) in [5.41, 5.74) is 1.12. The number of nitrogens with one attached hydrogen (secondary N) is 1. The van der Waals surface area contributed by atoms with E-state index < -0.39 is 6.09 Å². The van der Waals surface area contributed by atoms with Gasteiger partial charge in [-0.3, -0.25) is 0 Å². The Morgan fingerprint density at radius 1 is 1.47 bits per heavy atom. The summed E-state index contributed by atoms with van der Waals surface area (Å²) >= 11 is 0. The van der Waals surface area contributed by atoms with E-state index in [9.17, 15) is 9.18 Å². The molecule has 1 N–H and O–H groups in total. The van der Waals surface area contributed by atoms with Crippen molar-refractivity contribution < 1.29 is 13.9 Å². The van der Waals surface area contributed by atoms with Crippen LogP contribution >= 0.6 is 0 Å². The van der Waals surface area contributed by atoms with Gasteiger partial charge in [0.25, 0.3) is 0 Å². The normalized spacial score (nSPS) is 22.8. The van der Waals surface area contributed by atoms with Crippen LogP contribution in [0.1, 0.15) is 31.0 Å². The molecule has 1 aliphatic heterocycles. The van der Waals surface area contributed by atoms with Crippen LogP contribution < -0.4 is 5.32 Å². The van der Waals surface area contributed by atoms with Gasteiger partial charge in [0.05, 0.1) is 6.04 Å². The van der Waals surface area contributed by atoms with Crippen molar-refractivity contribution in [3.05, 3.63) is 35.1 Å². The van der Waals surface area contributed by atoms with Crippen molar-refractivity contribution in [2.24, 2.45) is 5.41 Å². The van der Waals surface area contributed by atoms with E-state index in [-0.39, 0.29) is 17.3 Å². The highest BCUT2D eigenvalue weighted by Gasteiger charge is 2.37. The Morgan fingerprint density at radius 3 is 2.82 bits per heavy atom. The van der Waals surface area contributed by atoms with Crippen LogP contribution in [0.25, 0.3) is 0 Å². The molecule has 1 aromatic rings. The third kappa shape index (κ3) is 2.25. The summed E-state index contributed by atoms with van der Waals surface area (Å²) in [4.78, 5) is 11.3. The second kappa shape index (κ2) is 4.02. The zero-order chi connectivity index (χ0) is 12.6. The van der Waals surface area contributed by atoms with Gasteiger partial charge < -0.3 is 10.1 Å². The van der Waals surface area contributed by atoms with Gasteiger partial charge in [0.15, 0.2) is 0 Å². The number of amides is 1. The third-order valence-corrected chi connectivity index (χ3v) is 3.15. The topological polar surface area (TPSA) is 38.3 Å². The van der Waals surface area contributed by atoms with Gasteiger partial charge >= 0.3 is 6.09 Å².